The number of methoxy groups -OCH3 is 1. The minimum absolute atomic E-state index is 0.270. The summed E-state index contributed by atoms with van der Waals surface area (Å²) in [7, 11) is 1.30. The Morgan fingerprint density at radius 1 is 1.29 bits per heavy atom. The number of rotatable bonds is 3. The zero-order chi connectivity index (χ0) is 15.6. The summed E-state index contributed by atoms with van der Waals surface area (Å²) < 4.78 is 24.6. The zero-order valence-corrected chi connectivity index (χ0v) is 13.3. The number of ether oxygens (including phenoxy) is 2. The Bertz CT molecular complexity index is 660. The van der Waals surface area contributed by atoms with Gasteiger partial charge in [-0.05, 0) is 26.0 Å². The largest absolute Gasteiger partial charge is 0.465 e. The maximum absolute atomic E-state index is 13.7. The van der Waals surface area contributed by atoms with E-state index in [9.17, 15) is 9.18 Å². The first-order chi connectivity index (χ1) is 9.93. The zero-order valence-electron chi connectivity index (χ0n) is 11.7. The van der Waals surface area contributed by atoms with Crippen molar-refractivity contribution in [2.24, 2.45) is 0 Å². The van der Waals surface area contributed by atoms with E-state index in [0.29, 0.717) is 21.3 Å². The molecule has 0 saturated heterocycles. The van der Waals surface area contributed by atoms with Crippen LogP contribution in [0.25, 0.3) is 0 Å². The first-order valence-corrected chi connectivity index (χ1v) is 6.90. The SMILES string of the molecule is COC(=O)c1ccc(Oc2c(C)c(F)cc(Br)c2C)nc1. The lowest BCUT2D eigenvalue weighted by molar-refractivity contribution is 0.0600. The van der Waals surface area contributed by atoms with Crippen molar-refractivity contribution in [1.82, 2.24) is 4.98 Å². The van der Waals surface area contributed by atoms with Crippen LogP contribution in [0.3, 0.4) is 0 Å². The third-order valence-corrected chi connectivity index (χ3v) is 3.84. The van der Waals surface area contributed by atoms with Gasteiger partial charge >= 0.3 is 5.97 Å². The van der Waals surface area contributed by atoms with Crippen LogP contribution in [0.2, 0.25) is 0 Å². The number of hydrogen-bond acceptors (Lipinski definition) is 4. The fraction of sp³-hybridized carbons (Fsp3) is 0.200. The Balaban J connectivity index is 2.33. The molecule has 21 heavy (non-hydrogen) atoms. The fourth-order valence-electron chi connectivity index (χ4n) is 1.76. The van der Waals surface area contributed by atoms with Crippen molar-refractivity contribution in [2.75, 3.05) is 7.11 Å². The number of benzene rings is 1. The van der Waals surface area contributed by atoms with Crippen molar-refractivity contribution >= 4 is 21.9 Å². The van der Waals surface area contributed by atoms with Gasteiger partial charge in [-0.1, -0.05) is 15.9 Å². The van der Waals surface area contributed by atoms with Gasteiger partial charge < -0.3 is 9.47 Å². The molecule has 0 atom stereocenters. The van der Waals surface area contributed by atoms with Crippen LogP contribution < -0.4 is 4.74 Å². The number of nitrogens with zero attached hydrogens (tertiary/aromatic N) is 1. The maximum Gasteiger partial charge on any atom is 0.339 e. The molecule has 1 heterocycles. The van der Waals surface area contributed by atoms with Crippen LogP contribution in [0.1, 0.15) is 21.5 Å². The van der Waals surface area contributed by atoms with E-state index in [4.69, 9.17) is 4.74 Å². The van der Waals surface area contributed by atoms with Gasteiger partial charge in [-0.15, -0.1) is 0 Å². The van der Waals surface area contributed by atoms with Gasteiger partial charge in [0.05, 0.1) is 12.7 Å². The topological polar surface area (TPSA) is 48.4 Å². The van der Waals surface area contributed by atoms with E-state index in [2.05, 4.69) is 25.7 Å². The highest BCUT2D eigenvalue weighted by molar-refractivity contribution is 9.10. The number of halogens is 2. The Hall–Kier alpha value is -1.95. The van der Waals surface area contributed by atoms with E-state index in [1.807, 2.05) is 6.92 Å². The molecule has 1 aromatic carbocycles. The third-order valence-electron chi connectivity index (χ3n) is 3.02. The third kappa shape index (κ3) is 3.21. The summed E-state index contributed by atoms with van der Waals surface area (Å²) in [4.78, 5) is 15.3. The van der Waals surface area contributed by atoms with Gasteiger partial charge in [0.1, 0.15) is 11.6 Å². The van der Waals surface area contributed by atoms with Crippen molar-refractivity contribution in [3.63, 3.8) is 0 Å². The van der Waals surface area contributed by atoms with Crippen LogP contribution in [0, 0.1) is 19.7 Å². The molecule has 0 aliphatic carbocycles. The molecule has 0 unspecified atom stereocenters. The summed E-state index contributed by atoms with van der Waals surface area (Å²) in [6, 6.07) is 4.46. The number of carbonyl (C=O) groups is 1. The van der Waals surface area contributed by atoms with Gasteiger partial charge in [-0.2, -0.15) is 0 Å². The Morgan fingerprint density at radius 3 is 2.57 bits per heavy atom. The van der Waals surface area contributed by atoms with Gasteiger partial charge in [-0.25, -0.2) is 14.2 Å². The summed E-state index contributed by atoms with van der Waals surface area (Å²) in [5.41, 5.74) is 1.49. The average Bonchev–Trinajstić information content (AvgIpc) is 2.49. The highest BCUT2D eigenvalue weighted by atomic mass is 79.9. The van der Waals surface area contributed by atoms with Crippen molar-refractivity contribution in [2.45, 2.75) is 13.8 Å². The number of pyridine rings is 1. The number of carbonyl (C=O) groups excluding carboxylic acids is 1. The lowest BCUT2D eigenvalue weighted by Crippen LogP contribution is -2.02. The van der Waals surface area contributed by atoms with Gasteiger partial charge in [-0.3, -0.25) is 0 Å². The van der Waals surface area contributed by atoms with Crippen LogP contribution in [0.5, 0.6) is 11.6 Å². The first kappa shape index (κ1) is 15.4. The van der Waals surface area contributed by atoms with E-state index < -0.39 is 5.97 Å². The number of aromatic nitrogens is 1. The molecular formula is C15H13BrFNO3. The molecule has 0 radical (unpaired) electrons. The molecule has 110 valence electrons. The quantitative estimate of drug-likeness (QED) is 0.776. The second-order valence-corrected chi connectivity index (χ2v) is 5.25. The van der Waals surface area contributed by atoms with Crippen LogP contribution >= 0.6 is 15.9 Å². The molecule has 0 spiro atoms. The lowest BCUT2D eigenvalue weighted by Gasteiger charge is -2.13. The summed E-state index contributed by atoms with van der Waals surface area (Å²) in [5, 5.41) is 0. The molecule has 4 nitrogen and oxygen atoms in total. The molecule has 0 N–H and O–H groups in total. The Kier molecular flexibility index (Phi) is 4.57. The lowest BCUT2D eigenvalue weighted by atomic mass is 10.1. The second-order valence-electron chi connectivity index (χ2n) is 4.40. The highest BCUT2D eigenvalue weighted by Gasteiger charge is 2.14. The Morgan fingerprint density at radius 2 is 2.00 bits per heavy atom. The average molecular weight is 354 g/mol. The van der Waals surface area contributed by atoms with Crippen LogP contribution in [-0.4, -0.2) is 18.1 Å². The monoisotopic (exact) mass is 353 g/mol. The van der Waals surface area contributed by atoms with E-state index in [-0.39, 0.29) is 11.7 Å². The Labute approximate surface area is 130 Å². The van der Waals surface area contributed by atoms with E-state index in [1.54, 1.807) is 6.92 Å². The second kappa shape index (κ2) is 6.22. The first-order valence-electron chi connectivity index (χ1n) is 6.11. The fourth-order valence-corrected chi connectivity index (χ4v) is 2.14. The number of hydrogen-bond donors (Lipinski definition) is 0. The van der Waals surface area contributed by atoms with Crippen molar-refractivity contribution in [3.8, 4) is 11.6 Å². The summed E-state index contributed by atoms with van der Waals surface area (Å²) in [5.74, 6) is -0.171. The van der Waals surface area contributed by atoms with Crippen LogP contribution in [0.15, 0.2) is 28.9 Å². The van der Waals surface area contributed by atoms with Crippen LogP contribution in [-0.2, 0) is 4.74 Å². The molecule has 0 aliphatic heterocycles. The molecular weight excluding hydrogens is 341 g/mol. The predicted molar refractivity (Wildman–Crippen MR) is 79.2 cm³/mol. The van der Waals surface area contributed by atoms with E-state index in [0.717, 1.165) is 5.56 Å². The molecule has 2 aromatic rings. The summed E-state index contributed by atoms with van der Waals surface area (Å²) >= 11 is 3.28. The minimum Gasteiger partial charge on any atom is -0.465 e. The molecule has 0 fully saturated rings. The maximum atomic E-state index is 13.7. The molecule has 2 rings (SSSR count). The molecule has 6 heteroatoms. The predicted octanol–water partition coefficient (Wildman–Crippen LogP) is 4.18. The molecule has 0 aliphatic rings. The van der Waals surface area contributed by atoms with E-state index in [1.165, 1.54) is 31.5 Å². The van der Waals surface area contributed by atoms with Crippen molar-refractivity contribution in [3.05, 3.63) is 51.4 Å². The number of esters is 1. The van der Waals surface area contributed by atoms with E-state index >= 15 is 0 Å². The summed E-state index contributed by atoms with van der Waals surface area (Å²) in [6.45, 7) is 3.45. The van der Waals surface area contributed by atoms with Gasteiger partial charge in [0.2, 0.25) is 5.88 Å². The molecule has 0 bridgehead atoms. The molecule has 0 amide bonds. The van der Waals surface area contributed by atoms with Gasteiger partial charge in [0.25, 0.3) is 0 Å². The standard InChI is InChI=1S/C15H13BrFNO3/c1-8-11(16)6-12(17)9(2)14(8)21-13-5-4-10(7-18-13)15(19)20-3/h4-7H,1-3H3. The minimum atomic E-state index is -0.477. The highest BCUT2D eigenvalue weighted by Crippen LogP contribution is 2.34. The summed E-state index contributed by atoms with van der Waals surface area (Å²) in [6.07, 6.45) is 1.35. The van der Waals surface area contributed by atoms with Crippen LogP contribution in [0.4, 0.5) is 4.39 Å². The smallest absolute Gasteiger partial charge is 0.339 e. The molecule has 0 saturated carbocycles. The van der Waals surface area contributed by atoms with Crippen molar-refractivity contribution in [1.29, 1.82) is 0 Å². The van der Waals surface area contributed by atoms with Gasteiger partial charge in [0.15, 0.2) is 0 Å². The van der Waals surface area contributed by atoms with Gasteiger partial charge in [0, 0.05) is 27.9 Å². The molecule has 1 aromatic heterocycles. The van der Waals surface area contributed by atoms with Crippen molar-refractivity contribution < 1.29 is 18.7 Å². The normalized spacial score (nSPS) is 10.3.